The summed E-state index contributed by atoms with van der Waals surface area (Å²) in [5.74, 6) is -0.789. The highest BCUT2D eigenvalue weighted by Gasteiger charge is 2.18. The molecule has 0 radical (unpaired) electrons. The van der Waals surface area contributed by atoms with Crippen molar-refractivity contribution in [3.05, 3.63) is 29.1 Å². The van der Waals surface area contributed by atoms with Crippen LogP contribution in [0.1, 0.15) is 15.9 Å². The molecule has 0 spiro atoms. The molecule has 0 atom stereocenters. The quantitative estimate of drug-likeness (QED) is 0.764. The lowest BCUT2D eigenvalue weighted by Gasteiger charge is -2.11. The predicted molar refractivity (Wildman–Crippen MR) is 61.9 cm³/mol. The van der Waals surface area contributed by atoms with E-state index >= 15 is 0 Å². The zero-order valence-electron chi connectivity index (χ0n) is 10.2. The largest absolute Gasteiger partial charge is 0.493 e. The number of rotatable bonds is 6. The number of ketones is 1. The van der Waals surface area contributed by atoms with Crippen molar-refractivity contribution in [3.63, 3.8) is 0 Å². The lowest BCUT2D eigenvalue weighted by molar-refractivity contribution is 0.0989. The number of ether oxygens (including phenoxy) is 2. The molecule has 0 bridgehead atoms. The van der Waals surface area contributed by atoms with Gasteiger partial charge in [-0.15, -0.1) is 0 Å². The van der Waals surface area contributed by atoms with Gasteiger partial charge in [0.05, 0.1) is 25.8 Å². The molecule has 5 heteroatoms. The number of benzene rings is 1. The Hall–Kier alpha value is -1.46. The second-order valence-electron chi connectivity index (χ2n) is 3.51. The van der Waals surface area contributed by atoms with Crippen LogP contribution in [0.2, 0.25) is 0 Å². The molecule has 0 aromatic heterocycles. The van der Waals surface area contributed by atoms with Gasteiger partial charge in [0.1, 0.15) is 0 Å². The van der Waals surface area contributed by atoms with Gasteiger partial charge in [0, 0.05) is 12.7 Å². The highest BCUT2D eigenvalue weighted by atomic mass is 19.1. The monoisotopic (exact) mass is 241 g/mol. The number of methoxy groups -OCH3 is 2. The Labute approximate surface area is 99.7 Å². The van der Waals surface area contributed by atoms with Crippen molar-refractivity contribution >= 4 is 5.78 Å². The smallest absolute Gasteiger partial charge is 0.180 e. The molecule has 0 aliphatic rings. The Morgan fingerprint density at radius 3 is 2.65 bits per heavy atom. The molecule has 94 valence electrons. The molecule has 1 aromatic rings. The summed E-state index contributed by atoms with van der Waals surface area (Å²) in [6, 6.07) is 3.08. The Morgan fingerprint density at radius 2 is 2.12 bits per heavy atom. The molecule has 0 aliphatic carbocycles. The van der Waals surface area contributed by atoms with E-state index in [2.05, 4.69) is 5.32 Å². The lowest BCUT2D eigenvalue weighted by Crippen LogP contribution is -2.19. The van der Waals surface area contributed by atoms with Crippen molar-refractivity contribution in [3.8, 4) is 5.75 Å². The molecule has 0 saturated carbocycles. The molecular weight excluding hydrogens is 225 g/mol. The predicted octanol–water partition coefficient (Wildman–Crippen LogP) is 1.38. The minimum atomic E-state index is -0.545. The van der Waals surface area contributed by atoms with E-state index in [0.29, 0.717) is 5.56 Å². The van der Waals surface area contributed by atoms with Crippen LogP contribution < -0.4 is 10.1 Å². The van der Waals surface area contributed by atoms with E-state index in [1.165, 1.54) is 20.3 Å². The summed E-state index contributed by atoms with van der Waals surface area (Å²) in [6.45, 7) is 0.280. The van der Waals surface area contributed by atoms with Gasteiger partial charge in [0.15, 0.2) is 17.3 Å². The summed E-state index contributed by atoms with van der Waals surface area (Å²) in [7, 11) is 4.47. The van der Waals surface area contributed by atoms with Crippen molar-refractivity contribution in [1.82, 2.24) is 5.32 Å². The van der Waals surface area contributed by atoms with E-state index < -0.39 is 5.82 Å². The molecule has 4 nitrogen and oxygen atoms in total. The molecule has 0 fully saturated rings. The van der Waals surface area contributed by atoms with E-state index in [-0.39, 0.29) is 30.2 Å². The third kappa shape index (κ3) is 3.01. The summed E-state index contributed by atoms with van der Waals surface area (Å²) in [5.41, 5.74) is 0.601. The highest BCUT2D eigenvalue weighted by molar-refractivity contribution is 6.00. The summed E-state index contributed by atoms with van der Waals surface area (Å²) in [4.78, 5) is 11.7. The first-order chi connectivity index (χ1) is 8.15. The summed E-state index contributed by atoms with van der Waals surface area (Å²) in [6.07, 6.45) is 0. The normalized spacial score (nSPS) is 10.4. The second-order valence-corrected chi connectivity index (χ2v) is 3.51. The van der Waals surface area contributed by atoms with Crippen LogP contribution in [0.5, 0.6) is 5.75 Å². The van der Waals surface area contributed by atoms with Crippen molar-refractivity contribution < 1.29 is 18.7 Å². The SMILES string of the molecule is CNCC(=O)c1ccc(COC)c(F)c1OC. The topological polar surface area (TPSA) is 47.6 Å². The third-order valence-electron chi connectivity index (χ3n) is 2.32. The van der Waals surface area contributed by atoms with Gasteiger partial charge >= 0.3 is 0 Å². The Balaban J connectivity index is 3.16. The van der Waals surface area contributed by atoms with Crippen LogP contribution in [0.25, 0.3) is 0 Å². The Morgan fingerprint density at radius 1 is 1.41 bits per heavy atom. The molecule has 0 heterocycles. The molecule has 1 aromatic carbocycles. The van der Waals surface area contributed by atoms with E-state index in [4.69, 9.17) is 9.47 Å². The van der Waals surface area contributed by atoms with Crippen LogP contribution >= 0.6 is 0 Å². The van der Waals surface area contributed by atoms with Gasteiger partial charge in [0.25, 0.3) is 0 Å². The molecular formula is C12H16FNO3. The average Bonchev–Trinajstić information content (AvgIpc) is 2.32. The zero-order valence-corrected chi connectivity index (χ0v) is 10.2. The average molecular weight is 241 g/mol. The number of Topliss-reactive ketones (excluding diaryl/α,β-unsaturated/α-hetero) is 1. The summed E-state index contributed by atoms with van der Waals surface area (Å²) in [5, 5.41) is 2.72. The Kier molecular flexibility index (Phi) is 5.06. The van der Waals surface area contributed by atoms with Gasteiger partial charge < -0.3 is 14.8 Å². The van der Waals surface area contributed by atoms with E-state index in [1.54, 1.807) is 13.1 Å². The highest BCUT2D eigenvalue weighted by Crippen LogP contribution is 2.26. The molecule has 0 aliphatic heterocycles. The molecule has 1 N–H and O–H groups in total. The van der Waals surface area contributed by atoms with Crippen LogP contribution in [0, 0.1) is 5.82 Å². The maximum atomic E-state index is 13.9. The van der Waals surface area contributed by atoms with Crippen molar-refractivity contribution in [2.45, 2.75) is 6.61 Å². The molecule has 0 unspecified atom stereocenters. The van der Waals surface area contributed by atoms with Crippen molar-refractivity contribution in [2.75, 3.05) is 27.8 Å². The van der Waals surface area contributed by atoms with Gasteiger partial charge in [-0.25, -0.2) is 4.39 Å². The summed E-state index contributed by atoms with van der Waals surface area (Å²) < 4.78 is 23.8. The van der Waals surface area contributed by atoms with Crippen molar-refractivity contribution in [1.29, 1.82) is 0 Å². The van der Waals surface area contributed by atoms with Gasteiger partial charge in [-0.1, -0.05) is 6.07 Å². The van der Waals surface area contributed by atoms with Crippen LogP contribution in [-0.4, -0.2) is 33.6 Å². The number of carbonyl (C=O) groups excluding carboxylic acids is 1. The van der Waals surface area contributed by atoms with Crippen LogP contribution in [-0.2, 0) is 11.3 Å². The number of hydrogen-bond donors (Lipinski definition) is 1. The fourth-order valence-electron chi connectivity index (χ4n) is 1.54. The number of hydrogen-bond acceptors (Lipinski definition) is 4. The van der Waals surface area contributed by atoms with Crippen LogP contribution in [0.3, 0.4) is 0 Å². The minimum absolute atomic E-state index is 0.0280. The lowest BCUT2D eigenvalue weighted by atomic mass is 10.1. The Bertz CT molecular complexity index is 407. The van der Waals surface area contributed by atoms with Gasteiger partial charge in [-0.3, -0.25) is 4.79 Å². The fourth-order valence-corrected chi connectivity index (χ4v) is 1.54. The number of carbonyl (C=O) groups is 1. The van der Waals surface area contributed by atoms with Crippen LogP contribution in [0.15, 0.2) is 12.1 Å². The van der Waals surface area contributed by atoms with E-state index in [0.717, 1.165) is 0 Å². The first-order valence-corrected chi connectivity index (χ1v) is 5.17. The standard InChI is InChI=1S/C12H16FNO3/c1-14-6-10(15)9-5-4-8(7-16-2)11(13)12(9)17-3/h4-5,14H,6-7H2,1-3H3. The van der Waals surface area contributed by atoms with Gasteiger partial charge in [0.2, 0.25) is 0 Å². The zero-order chi connectivity index (χ0) is 12.8. The third-order valence-corrected chi connectivity index (χ3v) is 2.32. The molecule has 1 rings (SSSR count). The molecule has 0 saturated heterocycles. The first kappa shape index (κ1) is 13.6. The number of nitrogens with one attached hydrogen (secondary N) is 1. The molecule has 17 heavy (non-hydrogen) atoms. The summed E-state index contributed by atoms with van der Waals surface area (Å²) >= 11 is 0. The first-order valence-electron chi connectivity index (χ1n) is 5.17. The van der Waals surface area contributed by atoms with Crippen LogP contribution in [0.4, 0.5) is 4.39 Å². The molecule has 0 amide bonds. The van der Waals surface area contributed by atoms with E-state index in [1.807, 2.05) is 0 Å². The number of likely N-dealkylation sites (N-methyl/N-ethyl adjacent to an activating group) is 1. The van der Waals surface area contributed by atoms with Gasteiger partial charge in [-0.2, -0.15) is 0 Å². The fraction of sp³-hybridized carbons (Fsp3) is 0.417. The minimum Gasteiger partial charge on any atom is -0.493 e. The number of halogens is 1. The van der Waals surface area contributed by atoms with Crippen molar-refractivity contribution in [2.24, 2.45) is 0 Å². The van der Waals surface area contributed by atoms with E-state index in [9.17, 15) is 9.18 Å². The maximum Gasteiger partial charge on any atom is 0.180 e. The second kappa shape index (κ2) is 6.32. The van der Waals surface area contributed by atoms with Gasteiger partial charge in [-0.05, 0) is 13.1 Å². The maximum absolute atomic E-state index is 13.9.